The maximum Gasteiger partial charge on any atom is 0.240 e. The van der Waals surface area contributed by atoms with E-state index in [0.717, 1.165) is 6.07 Å². The average Bonchev–Trinajstić information content (AvgIpc) is 3.81. The number of fused-ring (bicyclic) bond motifs is 3. The van der Waals surface area contributed by atoms with Crippen LogP contribution in [0.3, 0.4) is 0 Å². The van der Waals surface area contributed by atoms with Crippen molar-refractivity contribution in [2.24, 2.45) is 5.41 Å². The topological polar surface area (TPSA) is 128 Å². The van der Waals surface area contributed by atoms with Gasteiger partial charge in [-0.05, 0) is 43.2 Å². The maximum atomic E-state index is 15.2. The van der Waals surface area contributed by atoms with Crippen molar-refractivity contribution < 1.29 is 42.4 Å². The quantitative estimate of drug-likeness (QED) is 0.320. The lowest BCUT2D eigenvalue weighted by atomic mass is 10.0. The van der Waals surface area contributed by atoms with Gasteiger partial charge in [-0.3, -0.25) is 14.6 Å². The molecule has 0 saturated heterocycles. The molecule has 1 unspecified atom stereocenters. The Morgan fingerprint density at radius 3 is 2.55 bits per heavy atom. The van der Waals surface area contributed by atoms with Crippen LogP contribution in [0.2, 0.25) is 0 Å². The summed E-state index contributed by atoms with van der Waals surface area (Å²) in [6.45, 7) is 0.428. The van der Waals surface area contributed by atoms with E-state index < -0.39 is 29.2 Å². The summed E-state index contributed by atoms with van der Waals surface area (Å²) in [7, 11) is 0. The summed E-state index contributed by atoms with van der Waals surface area (Å²) < 4.78 is 51.7. The third-order valence-electron chi connectivity index (χ3n) is 7.13. The number of carbonyl (C=O) groups is 2. The van der Waals surface area contributed by atoms with Crippen LogP contribution < -0.4 is 29.6 Å². The number of nitrogens with one attached hydrogen (secondary N) is 2. The molecule has 3 aliphatic rings. The Morgan fingerprint density at radius 1 is 1.05 bits per heavy atom. The standard InChI is InChI=1S/C30H27F2N3O7/c31-17-1-3-18(4-2-17)34-28(37)30(8-9-30)29(38)35-19-5-6-22(20(32)15-19)42-23-7-10-33-21-16-24(39-12-11-36)26-27(25(21)23)41-14-13-40-26/h1,3-7,10,15-17,36H,2,8-9,11-14H2,(H,34,37)(H,35,38). The summed E-state index contributed by atoms with van der Waals surface area (Å²) >= 11 is 0. The van der Waals surface area contributed by atoms with Crippen molar-refractivity contribution in [3.8, 4) is 28.7 Å². The van der Waals surface area contributed by atoms with Crippen LogP contribution in [0.1, 0.15) is 19.3 Å². The Hall–Kier alpha value is -4.71. The van der Waals surface area contributed by atoms with Crippen LogP contribution in [-0.4, -0.2) is 54.5 Å². The molecule has 12 heteroatoms. The normalized spacial score (nSPS) is 18.2. The van der Waals surface area contributed by atoms with Gasteiger partial charge in [-0.25, -0.2) is 8.78 Å². The van der Waals surface area contributed by atoms with Crippen LogP contribution in [0, 0.1) is 11.2 Å². The zero-order chi connectivity index (χ0) is 29.3. The number of aromatic nitrogens is 1. The molecule has 1 aliphatic heterocycles. The number of nitrogens with zero attached hydrogens (tertiary/aromatic N) is 1. The summed E-state index contributed by atoms with van der Waals surface area (Å²) in [6, 6.07) is 7.13. The predicted molar refractivity (Wildman–Crippen MR) is 147 cm³/mol. The van der Waals surface area contributed by atoms with Crippen LogP contribution in [0.25, 0.3) is 10.9 Å². The van der Waals surface area contributed by atoms with Crippen LogP contribution in [0.5, 0.6) is 28.7 Å². The Bertz CT molecular complexity index is 1620. The van der Waals surface area contributed by atoms with Gasteiger partial charge in [-0.15, -0.1) is 0 Å². The molecule has 42 heavy (non-hydrogen) atoms. The smallest absolute Gasteiger partial charge is 0.240 e. The molecule has 2 amide bonds. The van der Waals surface area contributed by atoms with Crippen molar-refractivity contribution in [1.29, 1.82) is 0 Å². The Morgan fingerprint density at radius 2 is 1.83 bits per heavy atom. The Labute approximate surface area is 238 Å². The van der Waals surface area contributed by atoms with E-state index in [-0.39, 0.29) is 43.4 Å². The number of carbonyl (C=O) groups excluding carboxylic acids is 2. The van der Waals surface area contributed by atoms with Gasteiger partial charge >= 0.3 is 0 Å². The molecule has 1 saturated carbocycles. The largest absolute Gasteiger partial charge is 0.487 e. The highest BCUT2D eigenvalue weighted by molar-refractivity contribution is 6.13. The highest BCUT2D eigenvalue weighted by Crippen LogP contribution is 2.49. The monoisotopic (exact) mass is 579 g/mol. The minimum atomic E-state index is -1.27. The molecule has 0 spiro atoms. The number of alkyl halides is 1. The minimum absolute atomic E-state index is 0.0493. The van der Waals surface area contributed by atoms with Gasteiger partial charge in [0.1, 0.15) is 37.2 Å². The molecule has 3 aromatic rings. The lowest BCUT2D eigenvalue weighted by Gasteiger charge is -2.23. The van der Waals surface area contributed by atoms with E-state index in [1.807, 2.05) is 0 Å². The van der Waals surface area contributed by atoms with E-state index in [1.54, 1.807) is 18.2 Å². The Balaban J connectivity index is 1.19. The van der Waals surface area contributed by atoms with Crippen molar-refractivity contribution in [3.63, 3.8) is 0 Å². The van der Waals surface area contributed by atoms with E-state index in [2.05, 4.69) is 15.6 Å². The number of hydrogen-bond donors (Lipinski definition) is 3. The molecule has 2 aliphatic carbocycles. The number of rotatable bonds is 9. The molecular weight excluding hydrogens is 552 g/mol. The lowest BCUT2D eigenvalue weighted by molar-refractivity contribution is -0.133. The molecule has 2 heterocycles. The highest BCUT2D eigenvalue weighted by Gasteiger charge is 2.56. The summed E-state index contributed by atoms with van der Waals surface area (Å²) in [5.74, 6) is -0.644. The fourth-order valence-electron chi connectivity index (χ4n) is 4.77. The molecule has 1 atom stereocenters. The first kappa shape index (κ1) is 27.5. The second-order valence-electron chi connectivity index (χ2n) is 10.0. The van der Waals surface area contributed by atoms with Crippen molar-refractivity contribution in [2.45, 2.75) is 25.4 Å². The SMILES string of the molecule is O=C(NC1=CCC(F)C=C1)C1(C(=O)Nc2ccc(Oc3ccnc4cc(OCCO)c5c(c34)OCCO5)c(F)c2)CC1. The van der Waals surface area contributed by atoms with Crippen LogP contribution in [-0.2, 0) is 9.59 Å². The second-order valence-corrected chi connectivity index (χ2v) is 10.0. The number of aliphatic hydroxyl groups excluding tert-OH is 1. The van der Waals surface area contributed by atoms with E-state index in [1.165, 1.54) is 30.5 Å². The van der Waals surface area contributed by atoms with Gasteiger partial charge in [0.15, 0.2) is 23.1 Å². The number of benzene rings is 2. The maximum absolute atomic E-state index is 15.2. The molecule has 0 radical (unpaired) electrons. The van der Waals surface area contributed by atoms with E-state index in [0.29, 0.717) is 53.3 Å². The number of hydrogen-bond acceptors (Lipinski definition) is 8. The molecule has 2 aromatic carbocycles. The summed E-state index contributed by atoms with van der Waals surface area (Å²) in [6.07, 6.45) is 5.61. The fraction of sp³-hybridized carbons (Fsp3) is 0.300. The van der Waals surface area contributed by atoms with Gasteiger partial charge in [-0.1, -0.05) is 6.08 Å². The third-order valence-corrected chi connectivity index (χ3v) is 7.13. The Kier molecular flexibility index (Phi) is 7.38. The zero-order valence-electron chi connectivity index (χ0n) is 22.3. The van der Waals surface area contributed by atoms with E-state index in [9.17, 15) is 14.0 Å². The number of halogens is 2. The summed E-state index contributed by atoms with van der Waals surface area (Å²) in [5.41, 5.74) is -0.230. The highest BCUT2D eigenvalue weighted by atomic mass is 19.1. The number of amides is 2. The molecule has 3 N–H and O–H groups in total. The second kappa shape index (κ2) is 11.3. The minimum Gasteiger partial charge on any atom is -0.487 e. The van der Waals surface area contributed by atoms with E-state index in [4.69, 9.17) is 24.1 Å². The number of aliphatic hydroxyl groups is 1. The summed E-state index contributed by atoms with van der Waals surface area (Å²) in [5, 5.41) is 14.9. The first-order valence-electron chi connectivity index (χ1n) is 13.5. The van der Waals surface area contributed by atoms with Gasteiger partial charge in [0, 0.05) is 36.1 Å². The van der Waals surface area contributed by atoms with Crippen LogP contribution >= 0.6 is 0 Å². The van der Waals surface area contributed by atoms with Gasteiger partial charge < -0.3 is 34.7 Å². The van der Waals surface area contributed by atoms with Gasteiger partial charge in [-0.2, -0.15) is 0 Å². The number of pyridine rings is 1. The molecule has 218 valence electrons. The van der Waals surface area contributed by atoms with Crippen LogP contribution in [0.15, 0.2) is 60.5 Å². The summed E-state index contributed by atoms with van der Waals surface area (Å²) in [4.78, 5) is 30.2. The van der Waals surface area contributed by atoms with Crippen molar-refractivity contribution in [2.75, 3.05) is 31.7 Å². The fourth-order valence-corrected chi connectivity index (χ4v) is 4.77. The molecule has 0 bridgehead atoms. The van der Waals surface area contributed by atoms with Crippen molar-refractivity contribution in [1.82, 2.24) is 10.3 Å². The molecule has 1 aromatic heterocycles. The zero-order valence-corrected chi connectivity index (χ0v) is 22.3. The number of allylic oxidation sites excluding steroid dienone is 3. The molecule has 1 fully saturated rings. The predicted octanol–water partition coefficient (Wildman–Crippen LogP) is 4.33. The third kappa shape index (κ3) is 5.32. The molecule has 6 rings (SSSR count). The van der Waals surface area contributed by atoms with Crippen LogP contribution in [0.4, 0.5) is 14.5 Å². The van der Waals surface area contributed by atoms with E-state index >= 15 is 4.39 Å². The lowest BCUT2D eigenvalue weighted by Crippen LogP contribution is -2.39. The van der Waals surface area contributed by atoms with Gasteiger partial charge in [0.25, 0.3) is 0 Å². The first-order chi connectivity index (χ1) is 20.4. The van der Waals surface area contributed by atoms with Crippen molar-refractivity contribution >= 4 is 28.4 Å². The molecular formula is C30H27F2N3O7. The molecule has 10 nitrogen and oxygen atoms in total. The van der Waals surface area contributed by atoms with Gasteiger partial charge in [0.05, 0.1) is 17.5 Å². The number of ether oxygens (including phenoxy) is 4. The first-order valence-corrected chi connectivity index (χ1v) is 13.5. The van der Waals surface area contributed by atoms with Gasteiger partial charge in [0.2, 0.25) is 17.6 Å². The van der Waals surface area contributed by atoms with Crippen molar-refractivity contribution in [3.05, 3.63) is 66.3 Å². The average molecular weight is 580 g/mol. The number of anilines is 1.